The number of nitrogens with one attached hydrogen (secondary N) is 1. The van der Waals surface area contributed by atoms with Gasteiger partial charge in [0.25, 0.3) is 0 Å². The Balaban J connectivity index is 3.15. The van der Waals surface area contributed by atoms with Gasteiger partial charge < -0.3 is 9.88 Å². The maximum atomic E-state index is 3.59. The lowest BCUT2D eigenvalue weighted by Crippen LogP contribution is -2.42. The Bertz CT molecular complexity index is 96.8. The highest BCUT2D eigenvalue weighted by molar-refractivity contribution is 6.73. The maximum Gasteiger partial charge on any atom is 0.116 e. The largest absolute Gasteiger partial charge is 0.337 e. The molecule has 0 aromatic carbocycles. The van der Waals surface area contributed by atoms with E-state index in [1.54, 1.807) is 0 Å². The molecule has 0 rings (SSSR count). The van der Waals surface area contributed by atoms with Gasteiger partial charge in [0.2, 0.25) is 0 Å². The Labute approximate surface area is 72.1 Å². The molecule has 0 aliphatic rings. The van der Waals surface area contributed by atoms with Gasteiger partial charge in [-0.15, -0.1) is 0 Å². The average molecular weight is 174 g/mol. The standard InChI is InChI=1S/C8H22N2Si/c1-10(2)8-6-7-9-11(3,4)5/h9H,6-8H2,1-5H3. The highest BCUT2D eigenvalue weighted by atomic mass is 28.3. The Kier molecular flexibility index (Phi) is 4.96. The first-order valence-corrected chi connectivity index (χ1v) is 7.81. The highest BCUT2D eigenvalue weighted by Crippen LogP contribution is 1.93. The first-order chi connectivity index (χ1) is 4.92. The van der Waals surface area contributed by atoms with Crippen molar-refractivity contribution in [3.63, 3.8) is 0 Å². The summed E-state index contributed by atoms with van der Waals surface area (Å²) in [4.78, 5) is 5.82. The van der Waals surface area contributed by atoms with Crippen LogP contribution in [-0.4, -0.2) is 40.3 Å². The lowest BCUT2D eigenvalue weighted by atomic mass is 10.4. The maximum absolute atomic E-state index is 3.59. The molecule has 1 N–H and O–H groups in total. The van der Waals surface area contributed by atoms with Crippen LogP contribution in [0.5, 0.6) is 0 Å². The quantitative estimate of drug-likeness (QED) is 0.500. The minimum absolute atomic E-state index is 0.998. The van der Waals surface area contributed by atoms with Crippen LogP contribution < -0.4 is 4.98 Å². The van der Waals surface area contributed by atoms with E-state index in [9.17, 15) is 0 Å². The van der Waals surface area contributed by atoms with Crippen LogP contribution in [-0.2, 0) is 0 Å². The van der Waals surface area contributed by atoms with Crippen LogP contribution in [0.25, 0.3) is 0 Å². The number of rotatable bonds is 5. The van der Waals surface area contributed by atoms with Crippen molar-refractivity contribution in [2.24, 2.45) is 0 Å². The summed E-state index contributed by atoms with van der Waals surface area (Å²) in [6.45, 7) is 9.37. The zero-order valence-electron chi connectivity index (χ0n) is 8.57. The summed E-state index contributed by atoms with van der Waals surface area (Å²) < 4.78 is 0. The molecule has 0 amide bonds. The van der Waals surface area contributed by atoms with Crippen LogP contribution in [0, 0.1) is 0 Å². The molecule has 11 heavy (non-hydrogen) atoms. The van der Waals surface area contributed by atoms with Gasteiger partial charge in [-0.1, -0.05) is 19.6 Å². The van der Waals surface area contributed by atoms with Crippen molar-refractivity contribution in [2.45, 2.75) is 26.1 Å². The van der Waals surface area contributed by atoms with Crippen LogP contribution in [0.1, 0.15) is 6.42 Å². The Morgan fingerprint density at radius 1 is 1.18 bits per heavy atom. The van der Waals surface area contributed by atoms with Crippen molar-refractivity contribution in [2.75, 3.05) is 27.2 Å². The first kappa shape index (κ1) is 11.1. The Hall–Kier alpha value is 0.137. The van der Waals surface area contributed by atoms with Gasteiger partial charge in [-0.25, -0.2) is 0 Å². The molecular weight excluding hydrogens is 152 g/mol. The van der Waals surface area contributed by atoms with E-state index in [1.807, 2.05) is 0 Å². The molecular formula is C8H22N2Si. The first-order valence-electron chi connectivity index (χ1n) is 4.31. The van der Waals surface area contributed by atoms with Crippen molar-refractivity contribution >= 4 is 8.24 Å². The fourth-order valence-corrected chi connectivity index (χ4v) is 1.79. The van der Waals surface area contributed by atoms with Crippen LogP contribution in [0.2, 0.25) is 19.6 Å². The van der Waals surface area contributed by atoms with Crippen molar-refractivity contribution in [1.82, 2.24) is 9.88 Å². The molecule has 0 fully saturated rings. The molecule has 3 heteroatoms. The van der Waals surface area contributed by atoms with E-state index < -0.39 is 8.24 Å². The van der Waals surface area contributed by atoms with Gasteiger partial charge in [-0.2, -0.15) is 0 Å². The summed E-state index contributed by atoms with van der Waals surface area (Å²) >= 11 is 0. The van der Waals surface area contributed by atoms with Crippen LogP contribution in [0.3, 0.4) is 0 Å². The summed E-state index contributed by atoms with van der Waals surface area (Å²) in [6, 6.07) is 0. The van der Waals surface area contributed by atoms with Crippen LogP contribution >= 0.6 is 0 Å². The molecule has 2 nitrogen and oxygen atoms in total. The molecule has 0 saturated heterocycles. The molecule has 0 unspecified atom stereocenters. The van der Waals surface area contributed by atoms with Crippen molar-refractivity contribution < 1.29 is 0 Å². The molecule has 0 aromatic heterocycles. The highest BCUT2D eigenvalue weighted by Gasteiger charge is 2.10. The van der Waals surface area contributed by atoms with E-state index in [0.29, 0.717) is 0 Å². The Morgan fingerprint density at radius 2 is 1.73 bits per heavy atom. The number of nitrogens with zero attached hydrogens (tertiary/aromatic N) is 1. The van der Waals surface area contributed by atoms with Gasteiger partial charge in [0.15, 0.2) is 0 Å². The molecule has 0 saturated carbocycles. The van der Waals surface area contributed by atoms with Gasteiger partial charge in [0, 0.05) is 0 Å². The number of hydrogen-bond acceptors (Lipinski definition) is 2. The van der Waals surface area contributed by atoms with E-state index in [0.717, 1.165) is 0 Å². The second kappa shape index (κ2) is 4.90. The zero-order valence-corrected chi connectivity index (χ0v) is 9.57. The smallest absolute Gasteiger partial charge is 0.116 e. The summed E-state index contributed by atoms with van der Waals surface area (Å²) in [7, 11) is 3.24. The lowest BCUT2D eigenvalue weighted by molar-refractivity contribution is 0.400. The fourth-order valence-electron chi connectivity index (χ4n) is 0.859. The third kappa shape index (κ3) is 10.1. The second-order valence-electron chi connectivity index (χ2n) is 4.33. The van der Waals surface area contributed by atoms with E-state index in [4.69, 9.17) is 0 Å². The summed E-state index contributed by atoms with van der Waals surface area (Å²) in [5.74, 6) is 0. The van der Waals surface area contributed by atoms with E-state index in [2.05, 4.69) is 43.6 Å². The van der Waals surface area contributed by atoms with Crippen molar-refractivity contribution in [3.05, 3.63) is 0 Å². The molecule has 0 atom stereocenters. The second-order valence-corrected chi connectivity index (χ2v) is 9.19. The minimum atomic E-state index is -0.998. The average Bonchev–Trinajstić information content (AvgIpc) is 1.78. The predicted molar refractivity (Wildman–Crippen MR) is 54.5 cm³/mol. The zero-order chi connectivity index (χ0) is 8.91. The lowest BCUT2D eigenvalue weighted by Gasteiger charge is -2.18. The normalized spacial score (nSPS) is 12.5. The topological polar surface area (TPSA) is 15.3 Å². The molecule has 68 valence electrons. The third-order valence-electron chi connectivity index (χ3n) is 1.44. The van der Waals surface area contributed by atoms with E-state index >= 15 is 0 Å². The van der Waals surface area contributed by atoms with Crippen LogP contribution in [0.4, 0.5) is 0 Å². The molecule has 0 heterocycles. The van der Waals surface area contributed by atoms with Gasteiger partial charge in [0.05, 0.1) is 0 Å². The molecule has 0 spiro atoms. The monoisotopic (exact) mass is 174 g/mol. The molecule has 0 aliphatic carbocycles. The van der Waals surface area contributed by atoms with Gasteiger partial charge >= 0.3 is 0 Å². The van der Waals surface area contributed by atoms with E-state index in [1.165, 1.54) is 19.5 Å². The van der Waals surface area contributed by atoms with Crippen molar-refractivity contribution in [3.8, 4) is 0 Å². The number of hydrogen-bond donors (Lipinski definition) is 1. The van der Waals surface area contributed by atoms with Gasteiger partial charge in [-0.05, 0) is 33.6 Å². The molecule has 0 bridgehead atoms. The molecule has 0 aromatic rings. The molecule has 0 aliphatic heterocycles. The fraction of sp³-hybridized carbons (Fsp3) is 1.00. The SMILES string of the molecule is CN(C)CCCN[Si](C)(C)C. The molecule has 0 radical (unpaired) electrons. The van der Waals surface area contributed by atoms with Gasteiger partial charge in [-0.3, -0.25) is 0 Å². The Morgan fingerprint density at radius 3 is 2.09 bits per heavy atom. The summed E-state index contributed by atoms with van der Waals surface area (Å²) in [6.07, 6.45) is 1.26. The van der Waals surface area contributed by atoms with Crippen LogP contribution in [0.15, 0.2) is 0 Å². The van der Waals surface area contributed by atoms with Gasteiger partial charge in [0.1, 0.15) is 8.24 Å². The predicted octanol–water partition coefficient (Wildman–Crippen LogP) is 1.36. The van der Waals surface area contributed by atoms with E-state index in [-0.39, 0.29) is 0 Å². The minimum Gasteiger partial charge on any atom is -0.337 e. The van der Waals surface area contributed by atoms with Crippen molar-refractivity contribution in [1.29, 1.82) is 0 Å². The third-order valence-corrected chi connectivity index (χ3v) is 2.75. The summed E-state index contributed by atoms with van der Waals surface area (Å²) in [5, 5.41) is 0. The summed E-state index contributed by atoms with van der Waals surface area (Å²) in [5.41, 5.74) is 0.